The molecule has 12 nitrogen and oxygen atoms in total. The van der Waals surface area contributed by atoms with Gasteiger partial charge in [0, 0.05) is 24.8 Å². The second-order valence-electron chi connectivity index (χ2n) is 9.65. The molecule has 0 spiro atoms. The van der Waals surface area contributed by atoms with Crippen molar-refractivity contribution in [1.82, 2.24) is 19.9 Å². The smallest absolute Gasteiger partial charge is 0.465 e. The van der Waals surface area contributed by atoms with Crippen molar-refractivity contribution in [2.75, 3.05) is 48.9 Å². The van der Waals surface area contributed by atoms with E-state index in [-0.39, 0.29) is 10.8 Å². The van der Waals surface area contributed by atoms with E-state index in [0.29, 0.717) is 35.5 Å². The molecule has 2 aromatic rings. The van der Waals surface area contributed by atoms with Gasteiger partial charge in [0.05, 0.1) is 5.02 Å². The Kier molecular flexibility index (Phi) is 10.4. The van der Waals surface area contributed by atoms with Gasteiger partial charge in [0.25, 0.3) is 0 Å². The fourth-order valence-electron chi connectivity index (χ4n) is 4.95. The number of rotatable bonds is 13. The molecule has 2 aliphatic rings. The number of ether oxygens (including phenoxy) is 1. The monoisotopic (exact) mass is 569 g/mol. The van der Waals surface area contributed by atoms with E-state index < -0.39 is 14.6 Å². The van der Waals surface area contributed by atoms with Gasteiger partial charge in [-0.3, -0.25) is 4.90 Å². The summed E-state index contributed by atoms with van der Waals surface area (Å²) < 4.78 is 20.3. The highest BCUT2D eigenvalue weighted by Gasteiger charge is 2.23. The second kappa shape index (κ2) is 13.7. The number of nitrogens with one attached hydrogen (secondary N) is 3. The number of halogens is 1. The first-order valence-electron chi connectivity index (χ1n) is 13.2. The fraction of sp³-hybridized carbons (Fsp3) is 0.625. The Morgan fingerprint density at radius 2 is 1.74 bits per heavy atom. The van der Waals surface area contributed by atoms with Crippen LogP contribution >= 0.6 is 19.4 Å². The molecule has 1 saturated carbocycles. The van der Waals surface area contributed by atoms with E-state index in [0.717, 1.165) is 32.6 Å². The first-order valence-corrected chi connectivity index (χ1v) is 15.1. The van der Waals surface area contributed by atoms with Crippen molar-refractivity contribution in [1.29, 1.82) is 0 Å². The van der Waals surface area contributed by atoms with Crippen molar-refractivity contribution in [2.45, 2.75) is 57.9 Å². The lowest BCUT2D eigenvalue weighted by molar-refractivity contribution is 0.0830. The van der Waals surface area contributed by atoms with Crippen LogP contribution in [0.25, 0.3) is 0 Å². The van der Waals surface area contributed by atoms with Crippen LogP contribution in [0.4, 0.5) is 23.5 Å². The predicted octanol–water partition coefficient (Wildman–Crippen LogP) is 4.60. The molecular formula is C24H37ClN7O5P. The van der Waals surface area contributed by atoms with Crippen LogP contribution in [0.5, 0.6) is 5.75 Å². The number of anilines is 4. The number of hydrogen-bond donors (Lipinski definition) is 5. The van der Waals surface area contributed by atoms with E-state index in [2.05, 4.69) is 47.2 Å². The minimum Gasteiger partial charge on any atom is -0.465 e. The minimum atomic E-state index is -4.63. The van der Waals surface area contributed by atoms with Gasteiger partial charge >= 0.3 is 7.82 Å². The predicted molar refractivity (Wildman–Crippen MR) is 147 cm³/mol. The van der Waals surface area contributed by atoms with Crippen LogP contribution in [0.15, 0.2) is 18.2 Å². The summed E-state index contributed by atoms with van der Waals surface area (Å²) in [5.74, 6) is 2.20. The molecule has 0 radical (unpaired) electrons. The zero-order chi connectivity index (χ0) is 27.0. The molecule has 5 N–H and O–H groups in total. The number of likely N-dealkylation sites (tertiary alicyclic amines) is 1. The number of phosphoric ester groups is 1. The standard InChI is InChI=1S/C24H37ClN7O5P/c1-2-32-12-6-9-19(32)15-27-23-29-22(26-14-17-7-4-3-5-8-17)30-24(31-23)28-18-10-11-21(20(25)13-18)36-16-37-38(33,34)35/h10-11,13,17,19H,2-9,12,14-16H2,1H3,(H2,33,34,35)(H3,26,27,28,29,30,31). The van der Waals surface area contributed by atoms with Crippen LogP contribution in [-0.4, -0.2) is 68.7 Å². The molecule has 1 atom stereocenters. The number of benzene rings is 1. The van der Waals surface area contributed by atoms with Crippen LogP contribution in [0.3, 0.4) is 0 Å². The van der Waals surface area contributed by atoms with Crippen molar-refractivity contribution < 1.29 is 23.6 Å². The lowest BCUT2D eigenvalue weighted by Crippen LogP contribution is -2.35. The van der Waals surface area contributed by atoms with Gasteiger partial charge in [0.1, 0.15) is 5.75 Å². The third kappa shape index (κ3) is 8.93. The molecule has 0 bridgehead atoms. The summed E-state index contributed by atoms with van der Waals surface area (Å²) in [6.07, 6.45) is 8.63. The number of likely N-dealkylation sites (N-methyl/N-ethyl adjacent to an activating group) is 1. The number of aromatic nitrogens is 3. The summed E-state index contributed by atoms with van der Waals surface area (Å²) in [7, 11) is -4.63. The average Bonchev–Trinajstić information content (AvgIpc) is 3.35. The Morgan fingerprint density at radius 3 is 2.42 bits per heavy atom. The summed E-state index contributed by atoms with van der Waals surface area (Å²) in [6.45, 7) is 5.27. The third-order valence-electron chi connectivity index (χ3n) is 6.93. The lowest BCUT2D eigenvalue weighted by atomic mass is 9.89. The molecule has 1 aliphatic heterocycles. The minimum absolute atomic E-state index is 0.218. The van der Waals surface area contributed by atoms with E-state index in [9.17, 15) is 4.57 Å². The molecule has 2 fully saturated rings. The highest BCUT2D eigenvalue weighted by molar-refractivity contribution is 7.46. The van der Waals surface area contributed by atoms with Crippen LogP contribution < -0.4 is 20.7 Å². The average molecular weight is 570 g/mol. The molecule has 1 aromatic carbocycles. The van der Waals surface area contributed by atoms with Gasteiger partial charge in [-0.2, -0.15) is 15.0 Å². The van der Waals surface area contributed by atoms with E-state index >= 15 is 0 Å². The van der Waals surface area contributed by atoms with Crippen molar-refractivity contribution >= 4 is 43.0 Å². The first-order chi connectivity index (χ1) is 18.3. The summed E-state index contributed by atoms with van der Waals surface area (Å²) in [5, 5.41) is 10.2. The number of nitrogens with zero attached hydrogens (tertiary/aromatic N) is 4. The Bertz CT molecular complexity index is 1100. The third-order valence-corrected chi connectivity index (χ3v) is 7.67. The lowest BCUT2D eigenvalue weighted by Gasteiger charge is -2.23. The maximum atomic E-state index is 10.8. The molecule has 1 saturated heterocycles. The molecule has 4 rings (SSSR count). The van der Waals surface area contributed by atoms with Gasteiger partial charge < -0.3 is 30.5 Å². The van der Waals surface area contributed by atoms with Gasteiger partial charge in [0.2, 0.25) is 17.8 Å². The summed E-state index contributed by atoms with van der Waals surface area (Å²) in [5.41, 5.74) is 0.613. The molecule has 14 heteroatoms. The summed E-state index contributed by atoms with van der Waals surface area (Å²) in [6, 6.07) is 5.32. The van der Waals surface area contributed by atoms with E-state index in [1.165, 1.54) is 38.5 Å². The van der Waals surface area contributed by atoms with E-state index in [1.54, 1.807) is 18.2 Å². The van der Waals surface area contributed by atoms with E-state index in [1.807, 2.05) is 0 Å². The van der Waals surface area contributed by atoms with Crippen LogP contribution in [0, 0.1) is 5.92 Å². The quantitative estimate of drug-likeness (QED) is 0.169. The van der Waals surface area contributed by atoms with Crippen molar-refractivity contribution in [3.63, 3.8) is 0 Å². The zero-order valence-corrected chi connectivity index (χ0v) is 23.3. The first kappa shape index (κ1) is 28.8. The van der Waals surface area contributed by atoms with Crippen LogP contribution in [0.1, 0.15) is 51.9 Å². The van der Waals surface area contributed by atoms with Gasteiger partial charge in [0.15, 0.2) is 6.79 Å². The van der Waals surface area contributed by atoms with Gasteiger partial charge in [-0.15, -0.1) is 0 Å². The Morgan fingerprint density at radius 1 is 1.03 bits per heavy atom. The molecular weight excluding hydrogens is 533 g/mol. The van der Waals surface area contributed by atoms with Crippen molar-refractivity contribution in [3.05, 3.63) is 23.2 Å². The zero-order valence-electron chi connectivity index (χ0n) is 21.6. The Labute approximate surface area is 228 Å². The molecule has 210 valence electrons. The Balaban J connectivity index is 1.44. The molecule has 1 unspecified atom stereocenters. The van der Waals surface area contributed by atoms with Crippen LogP contribution in [0.2, 0.25) is 5.02 Å². The highest BCUT2D eigenvalue weighted by Crippen LogP contribution is 2.36. The van der Waals surface area contributed by atoms with Crippen molar-refractivity contribution in [2.24, 2.45) is 5.92 Å². The van der Waals surface area contributed by atoms with Crippen LogP contribution in [-0.2, 0) is 9.09 Å². The van der Waals surface area contributed by atoms with Crippen molar-refractivity contribution in [3.8, 4) is 5.75 Å². The fourth-order valence-corrected chi connectivity index (χ4v) is 5.38. The molecule has 38 heavy (non-hydrogen) atoms. The Hall–Kier alpha value is -2.21. The highest BCUT2D eigenvalue weighted by atomic mass is 35.5. The molecule has 1 aromatic heterocycles. The number of hydrogen-bond acceptors (Lipinski definition) is 10. The largest absolute Gasteiger partial charge is 0.472 e. The topological polar surface area (TPSA) is 154 Å². The molecule has 1 aliphatic carbocycles. The van der Waals surface area contributed by atoms with Gasteiger partial charge in [-0.25, -0.2) is 9.09 Å². The summed E-state index contributed by atoms with van der Waals surface area (Å²) in [4.78, 5) is 33.8. The van der Waals surface area contributed by atoms with Gasteiger partial charge in [-0.1, -0.05) is 37.8 Å². The molecule has 0 amide bonds. The van der Waals surface area contributed by atoms with Gasteiger partial charge in [-0.05, 0) is 62.9 Å². The van der Waals surface area contributed by atoms with E-state index in [4.69, 9.17) is 26.1 Å². The SMILES string of the molecule is CCN1CCCC1CNc1nc(NCC2CCCCC2)nc(Nc2ccc(OCOP(=O)(O)O)c(Cl)c2)n1. The molecule has 2 heterocycles. The maximum Gasteiger partial charge on any atom is 0.472 e. The maximum absolute atomic E-state index is 10.8. The summed E-state index contributed by atoms with van der Waals surface area (Å²) >= 11 is 6.30. The number of phosphoric acid groups is 1. The normalized spacial score (nSPS) is 18.9. The second-order valence-corrected chi connectivity index (χ2v) is 11.3.